The van der Waals surface area contributed by atoms with E-state index in [1.54, 1.807) is 0 Å². The zero-order chi connectivity index (χ0) is 14.1. The third-order valence-corrected chi connectivity index (χ3v) is 3.85. The first-order valence-electron chi connectivity index (χ1n) is 6.17. The summed E-state index contributed by atoms with van der Waals surface area (Å²) in [7, 11) is 1.91. The van der Waals surface area contributed by atoms with Gasteiger partial charge in [-0.3, -0.25) is 4.68 Å². The maximum absolute atomic E-state index is 11.8. The average Bonchev–Trinajstić information content (AvgIpc) is 2.99. The SMILES string of the molecule is Cc1c2ccc(NC(=O)Nc3ccsc3)cc2nn1C. The lowest BCUT2D eigenvalue weighted by molar-refractivity contribution is 0.262. The number of aromatic nitrogens is 2. The molecule has 0 saturated carbocycles. The minimum absolute atomic E-state index is 0.254. The van der Waals surface area contributed by atoms with Crippen LogP contribution in [0.3, 0.4) is 0 Å². The highest BCUT2D eigenvalue weighted by Gasteiger charge is 2.07. The van der Waals surface area contributed by atoms with Gasteiger partial charge in [-0.2, -0.15) is 16.4 Å². The van der Waals surface area contributed by atoms with Gasteiger partial charge in [0.1, 0.15) is 0 Å². The van der Waals surface area contributed by atoms with Gasteiger partial charge < -0.3 is 10.6 Å². The summed E-state index contributed by atoms with van der Waals surface area (Å²) < 4.78 is 1.83. The lowest BCUT2D eigenvalue weighted by Gasteiger charge is -2.06. The molecule has 0 atom stereocenters. The molecule has 0 radical (unpaired) electrons. The molecule has 20 heavy (non-hydrogen) atoms. The summed E-state index contributed by atoms with van der Waals surface area (Å²) in [5.74, 6) is 0. The quantitative estimate of drug-likeness (QED) is 0.756. The molecule has 0 spiro atoms. The summed E-state index contributed by atoms with van der Waals surface area (Å²) in [4.78, 5) is 11.8. The monoisotopic (exact) mass is 286 g/mol. The van der Waals surface area contributed by atoms with Crippen LogP contribution in [0.4, 0.5) is 16.2 Å². The maximum atomic E-state index is 11.8. The van der Waals surface area contributed by atoms with E-state index >= 15 is 0 Å². The number of hydrogen-bond donors (Lipinski definition) is 2. The summed E-state index contributed by atoms with van der Waals surface area (Å²) in [5.41, 5.74) is 3.50. The van der Waals surface area contributed by atoms with Gasteiger partial charge >= 0.3 is 6.03 Å². The second kappa shape index (κ2) is 4.97. The van der Waals surface area contributed by atoms with E-state index in [1.165, 1.54) is 11.3 Å². The average molecular weight is 286 g/mol. The summed E-state index contributed by atoms with van der Waals surface area (Å²) in [6.45, 7) is 2.02. The number of aryl methyl sites for hydroxylation is 2. The summed E-state index contributed by atoms with van der Waals surface area (Å²) >= 11 is 1.54. The first-order valence-corrected chi connectivity index (χ1v) is 7.11. The number of amides is 2. The fourth-order valence-electron chi connectivity index (χ4n) is 2.04. The predicted octanol–water partition coefficient (Wildman–Crippen LogP) is 3.59. The molecule has 0 unspecified atom stereocenters. The molecule has 6 heteroatoms. The number of carbonyl (C=O) groups excluding carboxylic acids is 1. The standard InChI is InChI=1S/C14H14N4OS/c1-9-12-4-3-10(7-13(12)17-18(9)2)15-14(19)16-11-5-6-20-8-11/h3-8H,1-2H3,(H2,15,16,19). The third kappa shape index (κ3) is 2.37. The second-order valence-electron chi connectivity index (χ2n) is 4.53. The highest BCUT2D eigenvalue weighted by molar-refractivity contribution is 7.08. The number of nitrogens with one attached hydrogen (secondary N) is 2. The Kier molecular flexibility index (Phi) is 3.15. The van der Waals surface area contributed by atoms with Crippen LogP contribution in [0.2, 0.25) is 0 Å². The van der Waals surface area contributed by atoms with Gasteiger partial charge in [-0.25, -0.2) is 4.79 Å². The molecule has 0 fully saturated rings. The largest absolute Gasteiger partial charge is 0.323 e. The van der Waals surface area contributed by atoms with Crippen molar-refractivity contribution in [2.45, 2.75) is 6.92 Å². The van der Waals surface area contributed by atoms with E-state index in [4.69, 9.17) is 0 Å². The van der Waals surface area contributed by atoms with Gasteiger partial charge in [-0.15, -0.1) is 0 Å². The predicted molar refractivity (Wildman–Crippen MR) is 82.4 cm³/mol. The number of hydrogen-bond acceptors (Lipinski definition) is 3. The van der Waals surface area contributed by atoms with Crippen LogP contribution < -0.4 is 10.6 Å². The van der Waals surface area contributed by atoms with Crippen molar-refractivity contribution in [3.63, 3.8) is 0 Å². The van der Waals surface area contributed by atoms with Gasteiger partial charge in [0, 0.05) is 29.2 Å². The lowest BCUT2D eigenvalue weighted by Crippen LogP contribution is -2.18. The highest BCUT2D eigenvalue weighted by atomic mass is 32.1. The molecule has 2 amide bonds. The number of benzene rings is 1. The van der Waals surface area contributed by atoms with Crippen molar-refractivity contribution < 1.29 is 4.79 Å². The van der Waals surface area contributed by atoms with E-state index in [1.807, 2.05) is 53.7 Å². The minimum atomic E-state index is -0.254. The Labute approximate surface area is 120 Å². The number of thiophene rings is 1. The van der Waals surface area contributed by atoms with Gasteiger partial charge in [0.2, 0.25) is 0 Å². The number of nitrogens with zero attached hydrogens (tertiary/aromatic N) is 2. The molecular formula is C14H14N4OS. The van der Waals surface area contributed by atoms with Crippen molar-refractivity contribution in [1.82, 2.24) is 9.78 Å². The third-order valence-electron chi connectivity index (χ3n) is 3.17. The van der Waals surface area contributed by atoms with Gasteiger partial charge in [0.05, 0.1) is 11.2 Å². The van der Waals surface area contributed by atoms with E-state index in [-0.39, 0.29) is 6.03 Å². The molecule has 0 aliphatic carbocycles. The Bertz CT molecular complexity index is 761. The normalized spacial score (nSPS) is 10.7. The van der Waals surface area contributed by atoms with Crippen molar-refractivity contribution in [3.05, 3.63) is 40.7 Å². The van der Waals surface area contributed by atoms with Crippen LogP contribution in [-0.2, 0) is 7.05 Å². The molecule has 5 nitrogen and oxygen atoms in total. The van der Waals surface area contributed by atoms with Gasteiger partial charge in [-0.05, 0) is 36.6 Å². The topological polar surface area (TPSA) is 59.0 Å². The van der Waals surface area contributed by atoms with E-state index in [0.717, 1.165) is 28.0 Å². The van der Waals surface area contributed by atoms with E-state index < -0.39 is 0 Å². The van der Waals surface area contributed by atoms with Crippen LogP contribution in [0.25, 0.3) is 10.9 Å². The Hall–Kier alpha value is -2.34. The van der Waals surface area contributed by atoms with E-state index in [2.05, 4.69) is 15.7 Å². The molecule has 0 saturated heterocycles. The zero-order valence-corrected chi connectivity index (χ0v) is 12.0. The summed E-state index contributed by atoms with van der Waals surface area (Å²) in [6, 6.07) is 7.32. The van der Waals surface area contributed by atoms with Crippen molar-refractivity contribution in [2.24, 2.45) is 7.05 Å². The minimum Gasteiger partial charge on any atom is -0.308 e. The van der Waals surface area contributed by atoms with Crippen molar-refractivity contribution >= 4 is 39.6 Å². The van der Waals surface area contributed by atoms with Crippen molar-refractivity contribution in [3.8, 4) is 0 Å². The summed E-state index contributed by atoms with van der Waals surface area (Å²) in [6.07, 6.45) is 0. The molecule has 2 N–H and O–H groups in total. The Morgan fingerprint density at radius 2 is 2.05 bits per heavy atom. The van der Waals surface area contributed by atoms with E-state index in [9.17, 15) is 4.79 Å². The van der Waals surface area contributed by atoms with Gasteiger partial charge in [-0.1, -0.05) is 0 Å². The number of urea groups is 1. The Morgan fingerprint density at radius 3 is 2.80 bits per heavy atom. The number of fused-ring (bicyclic) bond motifs is 1. The first-order chi connectivity index (χ1) is 9.63. The van der Waals surface area contributed by atoms with Crippen LogP contribution >= 0.6 is 11.3 Å². The molecule has 3 aromatic rings. The van der Waals surface area contributed by atoms with E-state index in [0.29, 0.717) is 0 Å². The molecular weight excluding hydrogens is 272 g/mol. The molecule has 0 aliphatic heterocycles. The van der Waals surface area contributed by atoms with Crippen molar-refractivity contribution in [2.75, 3.05) is 10.6 Å². The van der Waals surface area contributed by atoms with Gasteiger partial charge in [0.15, 0.2) is 0 Å². The Balaban J connectivity index is 1.79. The number of anilines is 2. The second-order valence-corrected chi connectivity index (χ2v) is 5.31. The molecule has 0 aliphatic rings. The number of rotatable bonds is 2. The van der Waals surface area contributed by atoms with Gasteiger partial charge in [0.25, 0.3) is 0 Å². The molecule has 102 valence electrons. The highest BCUT2D eigenvalue weighted by Crippen LogP contribution is 2.21. The van der Waals surface area contributed by atoms with Crippen LogP contribution in [0.5, 0.6) is 0 Å². The lowest BCUT2D eigenvalue weighted by atomic mass is 10.2. The fourth-order valence-corrected chi connectivity index (χ4v) is 2.63. The van der Waals surface area contributed by atoms with Crippen LogP contribution in [-0.4, -0.2) is 15.8 Å². The van der Waals surface area contributed by atoms with Crippen LogP contribution in [0.15, 0.2) is 35.0 Å². The zero-order valence-electron chi connectivity index (χ0n) is 11.2. The van der Waals surface area contributed by atoms with Crippen LogP contribution in [0, 0.1) is 6.92 Å². The molecule has 1 aromatic carbocycles. The molecule has 2 aromatic heterocycles. The van der Waals surface area contributed by atoms with Crippen molar-refractivity contribution in [1.29, 1.82) is 0 Å². The van der Waals surface area contributed by atoms with Crippen LogP contribution in [0.1, 0.15) is 5.69 Å². The molecule has 3 rings (SSSR count). The molecule has 2 heterocycles. The fraction of sp³-hybridized carbons (Fsp3) is 0.143. The molecule has 0 bridgehead atoms. The smallest absolute Gasteiger partial charge is 0.308 e. The Morgan fingerprint density at radius 1 is 1.25 bits per heavy atom. The first kappa shape index (κ1) is 12.7. The maximum Gasteiger partial charge on any atom is 0.323 e. The summed E-state index contributed by atoms with van der Waals surface area (Å²) in [5, 5.41) is 14.9. The number of carbonyl (C=O) groups is 1.